The first-order valence-electron chi connectivity index (χ1n) is 11.9. The molecule has 1 aromatic rings. The number of unbranched alkanes of at least 4 members (excludes halogenated alkanes) is 14. The van der Waals surface area contributed by atoms with Gasteiger partial charge in [0, 0.05) is 12.1 Å². The molecule has 0 fully saturated rings. The summed E-state index contributed by atoms with van der Waals surface area (Å²) >= 11 is 0. The number of sulfonamides is 1. The van der Waals surface area contributed by atoms with Crippen molar-refractivity contribution in [2.24, 2.45) is 0 Å². The smallest absolute Gasteiger partial charge is 1.00 e. The van der Waals surface area contributed by atoms with Crippen LogP contribution in [-0.2, 0) is 14.8 Å². The molecule has 0 aliphatic heterocycles. The Hall–Kier alpha value is -0.794. The molecule has 0 atom stereocenters. The maximum atomic E-state index is 12.1. The Morgan fingerprint density at radius 2 is 1.16 bits per heavy atom. The molecule has 0 bridgehead atoms. The van der Waals surface area contributed by atoms with Crippen molar-refractivity contribution in [2.75, 3.05) is 5.73 Å². The van der Waals surface area contributed by atoms with Crippen LogP contribution in [0.4, 0.5) is 5.69 Å². The van der Waals surface area contributed by atoms with E-state index in [-0.39, 0.29) is 37.2 Å². The van der Waals surface area contributed by atoms with Crippen LogP contribution in [0, 0.1) is 0 Å². The summed E-state index contributed by atoms with van der Waals surface area (Å²) in [6.45, 7) is 2.26. The van der Waals surface area contributed by atoms with E-state index in [9.17, 15) is 13.2 Å². The molecule has 0 saturated carbocycles. The Balaban J connectivity index is -0.00000300. The van der Waals surface area contributed by atoms with Crippen LogP contribution in [0.5, 0.6) is 0 Å². The maximum Gasteiger partial charge on any atom is 2.00 e. The number of carbonyl (C=O) groups is 1. The number of benzene rings is 1. The summed E-state index contributed by atoms with van der Waals surface area (Å²) in [5.74, 6) is -0.443. The molecule has 5 nitrogen and oxygen atoms in total. The SMILES string of the molecule is CCCCCCCCCCCCCCCCCC(=O)NS(=O)(=O)c1ccc(N)cc1.[H-].[H-].[Mg+2]. The minimum absolute atomic E-state index is 0. The number of nitrogens with one attached hydrogen (secondary N) is 1. The van der Waals surface area contributed by atoms with E-state index in [1.165, 1.54) is 101 Å². The first-order chi connectivity index (χ1) is 14.5. The van der Waals surface area contributed by atoms with Gasteiger partial charge in [0.1, 0.15) is 0 Å². The number of nitrogens with two attached hydrogens (primary N) is 1. The van der Waals surface area contributed by atoms with Gasteiger partial charge in [0.25, 0.3) is 10.0 Å². The van der Waals surface area contributed by atoms with Crippen molar-refractivity contribution in [1.29, 1.82) is 0 Å². The average molecular weight is 465 g/mol. The maximum absolute atomic E-state index is 12.1. The van der Waals surface area contributed by atoms with Gasteiger partial charge >= 0.3 is 23.1 Å². The Labute approximate surface area is 209 Å². The van der Waals surface area contributed by atoms with E-state index in [1.807, 2.05) is 0 Å². The van der Waals surface area contributed by atoms with Crippen LogP contribution in [0.15, 0.2) is 29.2 Å². The van der Waals surface area contributed by atoms with Crippen molar-refractivity contribution in [3.05, 3.63) is 24.3 Å². The minimum atomic E-state index is -3.80. The van der Waals surface area contributed by atoms with Crippen molar-refractivity contribution < 1.29 is 16.1 Å². The summed E-state index contributed by atoms with van der Waals surface area (Å²) in [6.07, 6.45) is 19.2. The van der Waals surface area contributed by atoms with E-state index < -0.39 is 15.9 Å². The van der Waals surface area contributed by atoms with E-state index in [0.717, 1.165) is 19.3 Å². The van der Waals surface area contributed by atoms with Crippen molar-refractivity contribution in [3.63, 3.8) is 0 Å². The topological polar surface area (TPSA) is 89.3 Å². The second-order valence-corrected chi connectivity index (χ2v) is 9.98. The fourth-order valence-corrected chi connectivity index (χ4v) is 4.58. The van der Waals surface area contributed by atoms with Gasteiger partial charge in [0.05, 0.1) is 4.90 Å². The molecule has 0 aliphatic rings. The van der Waals surface area contributed by atoms with E-state index >= 15 is 0 Å². The molecule has 1 rings (SSSR count). The summed E-state index contributed by atoms with van der Waals surface area (Å²) in [6, 6.07) is 5.82. The van der Waals surface area contributed by atoms with E-state index in [4.69, 9.17) is 5.73 Å². The molecule has 1 aromatic carbocycles. The summed E-state index contributed by atoms with van der Waals surface area (Å²) < 4.78 is 26.4. The van der Waals surface area contributed by atoms with Gasteiger partial charge < -0.3 is 8.59 Å². The predicted octanol–water partition coefficient (Wildman–Crippen LogP) is 6.18. The molecule has 0 spiro atoms. The Morgan fingerprint density at radius 1 is 0.774 bits per heavy atom. The monoisotopic (exact) mass is 464 g/mol. The largest absolute Gasteiger partial charge is 2.00 e. The summed E-state index contributed by atoms with van der Waals surface area (Å²) in [5.41, 5.74) is 6.04. The average Bonchev–Trinajstić information content (AvgIpc) is 2.71. The van der Waals surface area contributed by atoms with E-state index in [1.54, 1.807) is 0 Å². The minimum Gasteiger partial charge on any atom is -1.00 e. The third-order valence-corrected chi connectivity index (χ3v) is 6.84. The van der Waals surface area contributed by atoms with Crippen molar-refractivity contribution in [3.8, 4) is 0 Å². The van der Waals surface area contributed by atoms with Crippen molar-refractivity contribution in [2.45, 2.75) is 115 Å². The van der Waals surface area contributed by atoms with Crippen LogP contribution in [0.3, 0.4) is 0 Å². The third-order valence-electron chi connectivity index (χ3n) is 5.45. The first-order valence-corrected chi connectivity index (χ1v) is 13.3. The van der Waals surface area contributed by atoms with Gasteiger partial charge in [0.15, 0.2) is 0 Å². The fourth-order valence-electron chi connectivity index (χ4n) is 3.56. The number of amides is 1. The molecule has 0 radical (unpaired) electrons. The molecule has 0 heterocycles. The number of anilines is 1. The molecule has 0 unspecified atom stereocenters. The van der Waals surface area contributed by atoms with Crippen molar-refractivity contribution in [1.82, 2.24) is 4.72 Å². The molecule has 31 heavy (non-hydrogen) atoms. The zero-order valence-corrected chi connectivity index (χ0v) is 21.8. The molecule has 0 saturated heterocycles. The Bertz CT molecular complexity index is 689. The van der Waals surface area contributed by atoms with Crippen LogP contribution in [-0.4, -0.2) is 37.4 Å². The van der Waals surface area contributed by atoms with Gasteiger partial charge in [-0.15, -0.1) is 0 Å². The number of hydrogen-bond donors (Lipinski definition) is 2. The molecule has 176 valence electrons. The third kappa shape index (κ3) is 15.6. The second-order valence-electron chi connectivity index (χ2n) is 8.30. The summed E-state index contributed by atoms with van der Waals surface area (Å²) in [4.78, 5) is 12.0. The number of carbonyl (C=O) groups excluding carboxylic acids is 1. The van der Waals surface area contributed by atoms with Gasteiger partial charge in [-0.25, -0.2) is 13.1 Å². The van der Waals surface area contributed by atoms with Gasteiger partial charge in [-0.1, -0.05) is 96.8 Å². The van der Waals surface area contributed by atoms with E-state index in [2.05, 4.69) is 11.6 Å². The van der Waals surface area contributed by atoms with Gasteiger partial charge in [-0.3, -0.25) is 4.79 Å². The normalized spacial score (nSPS) is 11.1. The van der Waals surface area contributed by atoms with Crippen LogP contribution < -0.4 is 10.5 Å². The molecule has 0 aliphatic carbocycles. The van der Waals surface area contributed by atoms with Crippen LogP contribution in [0.25, 0.3) is 0 Å². The Morgan fingerprint density at radius 3 is 1.58 bits per heavy atom. The second kappa shape index (κ2) is 18.7. The number of hydrogen-bond acceptors (Lipinski definition) is 4. The molecule has 3 N–H and O–H groups in total. The number of rotatable bonds is 18. The zero-order valence-electron chi connectivity index (χ0n) is 21.5. The quantitative estimate of drug-likeness (QED) is 0.154. The van der Waals surface area contributed by atoms with Crippen LogP contribution >= 0.6 is 0 Å². The first kappa shape index (κ1) is 30.2. The molecule has 0 aromatic heterocycles. The molecular formula is C24H44MgN2O3S. The van der Waals surface area contributed by atoms with Crippen molar-refractivity contribution >= 4 is 44.7 Å². The van der Waals surface area contributed by atoms with Crippen LogP contribution in [0.2, 0.25) is 0 Å². The zero-order chi connectivity index (χ0) is 22.1. The predicted molar refractivity (Wildman–Crippen MR) is 134 cm³/mol. The fraction of sp³-hybridized carbons (Fsp3) is 0.708. The van der Waals surface area contributed by atoms with Crippen LogP contribution in [0.1, 0.15) is 113 Å². The molecule has 1 amide bonds. The number of nitrogen functional groups attached to an aromatic ring is 1. The molecule has 7 heteroatoms. The summed E-state index contributed by atoms with van der Waals surface area (Å²) in [5, 5.41) is 0. The van der Waals surface area contributed by atoms with Gasteiger partial charge in [-0.2, -0.15) is 0 Å². The van der Waals surface area contributed by atoms with Gasteiger partial charge in [0.2, 0.25) is 5.91 Å². The van der Waals surface area contributed by atoms with Gasteiger partial charge in [-0.05, 0) is 30.7 Å². The summed E-state index contributed by atoms with van der Waals surface area (Å²) in [7, 11) is -3.80. The standard InChI is InChI=1S/C24H42N2O3S.Mg.2H/c1-2-3-4-5-6-7-8-9-10-11-12-13-14-15-16-17-24(27)26-30(28,29)23-20-18-22(25)19-21-23;;;/h18-21H,2-17,25H2,1H3,(H,26,27);;;/q;+2;2*-1. The Kier molecular flexibility index (Phi) is 18.3. The molecular weight excluding hydrogens is 421 g/mol. The van der Waals surface area contributed by atoms with E-state index in [0.29, 0.717) is 5.69 Å².